The standard InChI is InChI=1S/C34H34N4O2.C3H8O/c39-34(30-14-8-3-9-15-30)40-23-22-38-26-35-31-24-27(16-17-32(31)38)25-36-18-20-37(21-19-36)33(28-10-4-1-5-11-28)29-12-6-2-7-13-29;1-3(2)4/h1-17,24,26,33H,18-23,25H2;3-4H,1-2H3. The first-order valence-electron chi connectivity index (χ1n) is 15.4. The van der Waals surface area contributed by atoms with E-state index in [4.69, 9.17) is 9.84 Å². The number of rotatable bonds is 9. The number of aliphatic hydroxyl groups excluding tert-OH is 1. The van der Waals surface area contributed by atoms with E-state index in [1.165, 1.54) is 16.7 Å². The van der Waals surface area contributed by atoms with Crippen LogP contribution in [0.1, 0.15) is 46.9 Å². The van der Waals surface area contributed by atoms with Crippen molar-refractivity contribution in [2.75, 3.05) is 32.8 Å². The van der Waals surface area contributed by atoms with E-state index in [1.54, 1.807) is 26.0 Å². The third-order valence-corrected chi connectivity index (χ3v) is 7.67. The molecule has 1 aliphatic rings. The topological polar surface area (TPSA) is 70.8 Å². The maximum absolute atomic E-state index is 12.2. The number of esters is 1. The number of fused-ring (bicyclic) bond motifs is 1. The Morgan fingerprint density at radius 2 is 1.39 bits per heavy atom. The molecule has 0 radical (unpaired) electrons. The van der Waals surface area contributed by atoms with Gasteiger partial charge in [-0.25, -0.2) is 9.78 Å². The number of ether oxygens (including phenoxy) is 1. The van der Waals surface area contributed by atoms with Crippen molar-refractivity contribution in [1.82, 2.24) is 19.4 Å². The Hall–Kier alpha value is -4.30. The monoisotopic (exact) mass is 590 g/mol. The molecule has 1 fully saturated rings. The minimum atomic E-state index is -0.300. The summed E-state index contributed by atoms with van der Waals surface area (Å²) in [5.41, 5.74) is 6.55. The Morgan fingerprint density at radius 3 is 1.98 bits per heavy atom. The quantitative estimate of drug-likeness (QED) is 0.207. The van der Waals surface area contributed by atoms with E-state index in [2.05, 4.69) is 93.6 Å². The fourth-order valence-corrected chi connectivity index (χ4v) is 5.60. The highest BCUT2D eigenvalue weighted by Gasteiger charge is 2.26. The Labute approximate surface area is 260 Å². The van der Waals surface area contributed by atoms with Crippen LogP contribution in [0, 0.1) is 0 Å². The van der Waals surface area contributed by atoms with Crippen molar-refractivity contribution in [3.8, 4) is 0 Å². The average molecular weight is 591 g/mol. The largest absolute Gasteiger partial charge is 0.460 e. The first kappa shape index (κ1) is 31.1. The number of hydrogen-bond donors (Lipinski definition) is 1. The molecular formula is C37H42N4O3. The summed E-state index contributed by atoms with van der Waals surface area (Å²) in [6.45, 7) is 9.32. The molecule has 1 saturated heterocycles. The summed E-state index contributed by atoms with van der Waals surface area (Å²) in [5.74, 6) is -0.300. The van der Waals surface area contributed by atoms with Gasteiger partial charge in [0.05, 0.1) is 35.5 Å². The lowest BCUT2D eigenvalue weighted by Crippen LogP contribution is -2.47. The predicted octanol–water partition coefficient (Wildman–Crippen LogP) is 6.19. The van der Waals surface area contributed by atoms with Crippen LogP contribution in [-0.2, 0) is 17.8 Å². The number of aromatic nitrogens is 2. The Bertz CT molecular complexity index is 1540. The van der Waals surface area contributed by atoms with E-state index in [9.17, 15) is 4.79 Å². The highest BCUT2D eigenvalue weighted by molar-refractivity contribution is 5.89. The second-order valence-electron chi connectivity index (χ2n) is 11.4. The van der Waals surface area contributed by atoms with Gasteiger partial charge in [-0.3, -0.25) is 9.80 Å². The molecule has 0 atom stereocenters. The lowest BCUT2D eigenvalue weighted by molar-refractivity contribution is 0.0492. The van der Waals surface area contributed by atoms with Gasteiger partial charge in [0.25, 0.3) is 0 Å². The van der Waals surface area contributed by atoms with Crippen LogP contribution in [-0.4, -0.2) is 69.3 Å². The summed E-state index contributed by atoms with van der Waals surface area (Å²) >= 11 is 0. The molecule has 7 nitrogen and oxygen atoms in total. The molecule has 0 bridgehead atoms. The summed E-state index contributed by atoms with van der Waals surface area (Å²) in [6.07, 6.45) is 1.66. The summed E-state index contributed by atoms with van der Waals surface area (Å²) in [4.78, 5) is 22.0. The molecule has 228 valence electrons. The van der Waals surface area contributed by atoms with Gasteiger partial charge in [0.15, 0.2) is 0 Å². The molecule has 0 unspecified atom stereocenters. The second kappa shape index (κ2) is 15.4. The summed E-state index contributed by atoms with van der Waals surface area (Å²) in [5, 5.41) is 8.06. The zero-order valence-electron chi connectivity index (χ0n) is 25.6. The molecule has 44 heavy (non-hydrogen) atoms. The maximum Gasteiger partial charge on any atom is 0.338 e. The fraction of sp³-hybridized carbons (Fsp3) is 0.297. The summed E-state index contributed by atoms with van der Waals surface area (Å²) in [6, 6.07) is 37.6. The third kappa shape index (κ3) is 8.41. The Balaban J connectivity index is 0.000000906. The maximum atomic E-state index is 12.2. The van der Waals surface area contributed by atoms with Crippen molar-refractivity contribution >= 4 is 17.0 Å². The number of hydrogen-bond acceptors (Lipinski definition) is 6. The lowest BCUT2D eigenvalue weighted by Gasteiger charge is -2.39. The van der Waals surface area contributed by atoms with Crippen molar-refractivity contribution in [2.45, 2.75) is 39.1 Å². The van der Waals surface area contributed by atoms with Crippen molar-refractivity contribution in [3.63, 3.8) is 0 Å². The van der Waals surface area contributed by atoms with E-state index < -0.39 is 0 Å². The number of carbonyl (C=O) groups excluding carboxylic acids is 1. The van der Waals surface area contributed by atoms with Crippen LogP contribution >= 0.6 is 0 Å². The van der Waals surface area contributed by atoms with Gasteiger partial charge in [0.2, 0.25) is 0 Å². The minimum Gasteiger partial charge on any atom is -0.460 e. The van der Waals surface area contributed by atoms with Crippen LogP contribution in [0.25, 0.3) is 11.0 Å². The van der Waals surface area contributed by atoms with Crippen LogP contribution in [0.15, 0.2) is 116 Å². The normalized spacial score (nSPS) is 14.0. The SMILES string of the molecule is CC(C)O.O=C(OCCn1cnc2cc(CN3CCN(C(c4ccccc4)c4ccccc4)CC3)ccc21)c1ccccc1. The molecule has 6 rings (SSSR count). The molecule has 0 amide bonds. The van der Waals surface area contributed by atoms with Crippen LogP contribution < -0.4 is 0 Å². The molecular weight excluding hydrogens is 548 g/mol. The number of imidazole rings is 1. The van der Waals surface area contributed by atoms with Crippen molar-refractivity contribution in [2.24, 2.45) is 0 Å². The number of aliphatic hydroxyl groups is 1. The first-order valence-corrected chi connectivity index (χ1v) is 15.4. The highest BCUT2D eigenvalue weighted by atomic mass is 16.5. The molecule has 4 aromatic carbocycles. The molecule has 0 saturated carbocycles. The van der Waals surface area contributed by atoms with Crippen LogP contribution in [0.5, 0.6) is 0 Å². The average Bonchev–Trinajstić information content (AvgIpc) is 3.45. The Kier molecular flexibility index (Phi) is 10.9. The molecule has 1 aromatic heterocycles. The van der Waals surface area contributed by atoms with Crippen LogP contribution in [0.4, 0.5) is 0 Å². The highest BCUT2D eigenvalue weighted by Crippen LogP contribution is 2.29. The minimum absolute atomic E-state index is 0.167. The summed E-state index contributed by atoms with van der Waals surface area (Å²) < 4.78 is 7.50. The lowest BCUT2D eigenvalue weighted by atomic mass is 9.96. The molecule has 0 aliphatic carbocycles. The molecule has 7 heteroatoms. The van der Waals surface area contributed by atoms with Gasteiger partial charge in [0, 0.05) is 38.8 Å². The van der Waals surface area contributed by atoms with Crippen LogP contribution in [0.2, 0.25) is 0 Å². The molecule has 1 N–H and O–H groups in total. The van der Waals surface area contributed by atoms with Gasteiger partial charge >= 0.3 is 5.97 Å². The van der Waals surface area contributed by atoms with E-state index in [1.807, 2.05) is 29.1 Å². The summed E-state index contributed by atoms with van der Waals surface area (Å²) in [7, 11) is 0. The van der Waals surface area contributed by atoms with Gasteiger partial charge in [-0.2, -0.15) is 0 Å². The Morgan fingerprint density at radius 1 is 0.818 bits per heavy atom. The molecule has 2 heterocycles. The van der Waals surface area contributed by atoms with Crippen molar-refractivity contribution < 1.29 is 14.6 Å². The third-order valence-electron chi connectivity index (χ3n) is 7.67. The first-order chi connectivity index (χ1) is 21.5. The molecule has 0 spiro atoms. The van der Waals surface area contributed by atoms with E-state index >= 15 is 0 Å². The van der Waals surface area contributed by atoms with E-state index in [0.717, 1.165) is 43.8 Å². The predicted molar refractivity (Wildman–Crippen MR) is 175 cm³/mol. The van der Waals surface area contributed by atoms with Gasteiger partial charge in [0.1, 0.15) is 6.61 Å². The van der Waals surface area contributed by atoms with Crippen molar-refractivity contribution in [1.29, 1.82) is 0 Å². The van der Waals surface area contributed by atoms with Crippen LogP contribution in [0.3, 0.4) is 0 Å². The fourth-order valence-electron chi connectivity index (χ4n) is 5.60. The van der Waals surface area contributed by atoms with Gasteiger partial charge < -0.3 is 14.4 Å². The molecule has 1 aliphatic heterocycles. The second-order valence-corrected chi connectivity index (χ2v) is 11.4. The zero-order valence-corrected chi connectivity index (χ0v) is 25.6. The number of nitrogens with zero attached hydrogens (tertiary/aromatic N) is 4. The smallest absolute Gasteiger partial charge is 0.338 e. The number of carbonyl (C=O) groups is 1. The van der Waals surface area contributed by atoms with Crippen molar-refractivity contribution in [3.05, 3.63) is 138 Å². The van der Waals surface area contributed by atoms with Gasteiger partial charge in [-0.1, -0.05) is 84.9 Å². The number of piperazine rings is 1. The van der Waals surface area contributed by atoms with Gasteiger partial charge in [-0.15, -0.1) is 0 Å². The zero-order chi connectivity index (χ0) is 30.7. The number of benzene rings is 4. The van der Waals surface area contributed by atoms with Gasteiger partial charge in [-0.05, 0) is 54.8 Å². The van der Waals surface area contributed by atoms with E-state index in [0.29, 0.717) is 18.7 Å². The molecule has 5 aromatic rings. The van der Waals surface area contributed by atoms with E-state index in [-0.39, 0.29) is 18.1 Å².